The smallest absolute Gasteiger partial charge is 0.371 e. The summed E-state index contributed by atoms with van der Waals surface area (Å²) >= 11 is 13.6. The van der Waals surface area contributed by atoms with Crippen LogP contribution in [0.3, 0.4) is 0 Å². The summed E-state index contributed by atoms with van der Waals surface area (Å²) in [7, 11) is 1.21. The molecule has 2 aromatic carbocycles. The second-order valence-electron chi connectivity index (χ2n) is 8.80. The van der Waals surface area contributed by atoms with Crippen LogP contribution in [0.15, 0.2) is 41.5 Å². The molecule has 1 aliphatic carbocycles. The molecule has 3 aromatic rings. The molecule has 38 heavy (non-hydrogen) atoms. The lowest BCUT2D eigenvalue weighted by atomic mass is 9.90. The molecule has 1 fully saturated rings. The number of aliphatic carboxylic acids is 1. The third-order valence-electron chi connectivity index (χ3n) is 6.21. The summed E-state index contributed by atoms with van der Waals surface area (Å²) in [6.07, 6.45) is 6.98. The fraction of sp³-hybridized carbons (Fsp3) is 0.296. The second kappa shape index (κ2) is 12.6. The highest BCUT2D eigenvalue weighted by Crippen LogP contribution is 2.33. The number of halogens is 3. The van der Waals surface area contributed by atoms with Crippen molar-refractivity contribution in [2.45, 2.75) is 32.1 Å². The number of ether oxygens (including phenoxy) is 2. The first-order chi connectivity index (χ1) is 18.3. The summed E-state index contributed by atoms with van der Waals surface area (Å²) < 4.78 is 25.8. The van der Waals surface area contributed by atoms with Gasteiger partial charge in [0, 0.05) is 22.1 Å². The Kier molecular flexibility index (Phi) is 9.25. The predicted molar refractivity (Wildman–Crippen MR) is 147 cm³/mol. The zero-order chi connectivity index (χ0) is 27.2. The summed E-state index contributed by atoms with van der Waals surface area (Å²) in [6.45, 7) is 0.488. The average Bonchev–Trinajstić information content (AvgIpc) is 3.36. The number of carbonyl (C=O) groups is 2. The van der Waals surface area contributed by atoms with Gasteiger partial charge in [0.05, 0.1) is 29.5 Å². The molecule has 0 radical (unpaired) electrons. The van der Waals surface area contributed by atoms with Gasteiger partial charge in [0.25, 0.3) is 5.91 Å². The van der Waals surface area contributed by atoms with Crippen LogP contribution < -0.4 is 10.1 Å². The maximum atomic E-state index is 15.2. The molecule has 4 rings (SSSR count). The van der Waals surface area contributed by atoms with Crippen LogP contribution in [-0.4, -0.2) is 35.7 Å². The molecule has 0 atom stereocenters. The topological polar surface area (TPSA) is 97.8 Å². The number of benzene rings is 2. The maximum Gasteiger partial charge on any atom is 0.371 e. The van der Waals surface area contributed by atoms with Crippen molar-refractivity contribution in [1.82, 2.24) is 4.98 Å². The van der Waals surface area contributed by atoms with E-state index in [2.05, 4.69) is 10.3 Å². The Labute approximate surface area is 233 Å². The van der Waals surface area contributed by atoms with Gasteiger partial charge in [0.15, 0.2) is 16.7 Å². The van der Waals surface area contributed by atoms with E-state index in [1.807, 2.05) is 0 Å². The molecule has 1 heterocycles. The van der Waals surface area contributed by atoms with Crippen LogP contribution in [0.5, 0.6) is 5.75 Å². The highest BCUT2D eigenvalue weighted by Gasteiger charge is 2.19. The number of methoxy groups -OCH3 is 1. The molecule has 200 valence electrons. The number of hydrogen-bond donors (Lipinski definition) is 2. The third kappa shape index (κ3) is 6.64. The van der Waals surface area contributed by atoms with Gasteiger partial charge in [-0.2, -0.15) is 0 Å². The van der Waals surface area contributed by atoms with Gasteiger partial charge in [0.2, 0.25) is 5.76 Å². The molecule has 0 saturated heterocycles. The predicted octanol–water partition coefficient (Wildman–Crippen LogP) is 7.54. The van der Waals surface area contributed by atoms with E-state index < -0.39 is 17.7 Å². The lowest BCUT2D eigenvalue weighted by molar-refractivity contribution is -0.135. The highest BCUT2D eigenvalue weighted by atomic mass is 35.5. The van der Waals surface area contributed by atoms with Crippen molar-refractivity contribution >= 4 is 57.6 Å². The van der Waals surface area contributed by atoms with E-state index in [4.69, 9.17) is 37.8 Å². The van der Waals surface area contributed by atoms with Crippen LogP contribution in [0.1, 0.15) is 48.0 Å². The number of carboxylic acids is 1. The van der Waals surface area contributed by atoms with Gasteiger partial charge in [-0.3, -0.25) is 10.1 Å². The highest BCUT2D eigenvalue weighted by molar-refractivity contribution is 7.14. The van der Waals surface area contributed by atoms with Crippen LogP contribution in [0, 0.1) is 11.7 Å². The Balaban J connectivity index is 1.47. The monoisotopic (exact) mass is 578 g/mol. The zero-order valence-corrected chi connectivity index (χ0v) is 22.8. The molecule has 11 heteroatoms. The Morgan fingerprint density at radius 2 is 1.92 bits per heavy atom. The van der Waals surface area contributed by atoms with E-state index in [1.165, 1.54) is 44.6 Å². The molecule has 2 N–H and O–H groups in total. The largest absolute Gasteiger partial charge is 0.490 e. The zero-order valence-electron chi connectivity index (χ0n) is 20.4. The average molecular weight is 579 g/mol. The normalized spacial score (nSPS) is 14.3. The first-order valence-electron chi connectivity index (χ1n) is 11.9. The van der Waals surface area contributed by atoms with Crippen molar-refractivity contribution in [3.05, 3.63) is 68.5 Å². The van der Waals surface area contributed by atoms with Crippen LogP contribution >= 0.6 is 34.5 Å². The SMILES string of the molecule is CO/C(=C/c1c(Cl)cc(C(=O)Nc2nc(-c3cccc(OCC4CCCCC4)c3F)cs2)cc1Cl)C(=O)O. The number of carboxylic acid groups (broad SMARTS) is 1. The van der Waals surface area contributed by atoms with Crippen LogP contribution in [0.4, 0.5) is 9.52 Å². The Bertz CT molecular complexity index is 1350. The van der Waals surface area contributed by atoms with E-state index in [1.54, 1.807) is 23.6 Å². The van der Waals surface area contributed by atoms with Crippen LogP contribution in [-0.2, 0) is 9.53 Å². The van der Waals surface area contributed by atoms with E-state index in [0.29, 0.717) is 18.2 Å². The first-order valence-corrected chi connectivity index (χ1v) is 13.6. The first kappa shape index (κ1) is 27.9. The second-order valence-corrected chi connectivity index (χ2v) is 10.5. The summed E-state index contributed by atoms with van der Waals surface area (Å²) in [5.74, 6) is -2.06. The number of carbonyl (C=O) groups excluding carboxylic acids is 1. The van der Waals surface area contributed by atoms with Gasteiger partial charge < -0.3 is 14.6 Å². The number of thiazole rings is 1. The molecule has 0 spiro atoms. The molecule has 7 nitrogen and oxygen atoms in total. The molecule has 1 saturated carbocycles. The van der Waals surface area contributed by atoms with Gasteiger partial charge in [0.1, 0.15) is 0 Å². The molecule has 1 amide bonds. The van der Waals surface area contributed by atoms with Gasteiger partial charge >= 0.3 is 5.97 Å². The summed E-state index contributed by atoms with van der Waals surface area (Å²) in [5, 5.41) is 13.8. The number of rotatable bonds is 9. The van der Waals surface area contributed by atoms with Crippen molar-refractivity contribution in [1.29, 1.82) is 0 Å². The van der Waals surface area contributed by atoms with Gasteiger partial charge in [-0.05, 0) is 49.1 Å². The van der Waals surface area contributed by atoms with E-state index in [9.17, 15) is 9.59 Å². The number of amides is 1. The summed E-state index contributed by atoms with van der Waals surface area (Å²) in [6, 6.07) is 7.64. The lowest BCUT2D eigenvalue weighted by Gasteiger charge is -2.22. The quantitative estimate of drug-likeness (QED) is 0.201. The Hall–Kier alpha value is -3.14. The van der Waals surface area contributed by atoms with Gasteiger partial charge in [-0.15, -0.1) is 11.3 Å². The number of anilines is 1. The van der Waals surface area contributed by atoms with E-state index >= 15 is 4.39 Å². The lowest BCUT2D eigenvalue weighted by Crippen LogP contribution is -2.15. The van der Waals surface area contributed by atoms with Crippen LogP contribution in [0.25, 0.3) is 17.3 Å². The molecule has 1 aromatic heterocycles. The van der Waals surface area contributed by atoms with E-state index in [0.717, 1.165) is 24.2 Å². The summed E-state index contributed by atoms with van der Waals surface area (Å²) in [4.78, 5) is 28.4. The molecule has 0 unspecified atom stereocenters. The van der Waals surface area contributed by atoms with Crippen molar-refractivity contribution in [2.24, 2.45) is 5.92 Å². The fourth-order valence-electron chi connectivity index (χ4n) is 4.20. The molecular weight excluding hydrogens is 554 g/mol. The minimum absolute atomic E-state index is 0.0605. The van der Waals surface area contributed by atoms with E-state index in [-0.39, 0.29) is 43.4 Å². The molecule has 0 bridgehead atoms. The van der Waals surface area contributed by atoms with Crippen molar-refractivity contribution < 1.29 is 28.6 Å². The van der Waals surface area contributed by atoms with Crippen LogP contribution in [0.2, 0.25) is 10.0 Å². The number of aromatic nitrogens is 1. The number of hydrogen-bond acceptors (Lipinski definition) is 6. The Morgan fingerprint density at radius 3 is 2.58 bits per heavy atom. The number of nitrogens with one attached hydrogen (secondary N) is 1. The van der Waals surface area contributed by atoms with Crippen molar-refractivity contribution in [2.75, 3.05) is 19.0 Å². The minimum atomic E-state index is -1.29. The maximum absolute atomic E-state index is 15.2. The van der Waals surface area contributed by atoms with Gasteiger partial charge in [-0.25, -0.2) is 14.2 Å². The van der Waals surface area contributed by atoms with Gasteiger partial charge in [-0.1, -0.05) is 48.5 Å². The summed E-state index contributed by atoms with van der Waals surface area (Å²) in [5.41, 5.74) is 0.968. The number of nitrogens with zero attached hydrogens (tertiary/aromatic N) is 1. The fourth-order valence-corrected chi connectivity index (χ4v) is 5.50. The Morgan fingerprint density at radius 1 is 1.21 bits per heavy atom. The molecule has 0 aliphatic heterocycles. The third-order valence-corrected chi connectivity index (χ3v) is 7.59. The van der Waals surface area contributed by atoms with Crippen molar-refractivity contribution in [3.63, 3.8) is 0 Å². The standard InChI is InChI=1S/C27H25Cl2FN2O5S/c1-36-23(26(34)35)12-18-19(28)10-16(11-20(18)29)25(33)32-27-31-21(14-38-27)17-8-5-9-22(24(17)30)37-13-15-6-3-2-4-7-15/h5,8-12,14-15H,2-4,6-7,13H2,1H3,(H,34,35)(H,31,32,33)/b23-12+. The minimum Gasteiger partial charge on any atom is -0.490 e. The molecule has 1 aliphatic rings. The van der Waals surface area contributed by atoms with Crippen molar-refractivity contribution in [3.8, 4) is 17.0 Å². The molecular formula is C27H25Cl2FN2O5S.